The first-order valence-corrected chi connectivity index (χ1v) is 8.13. The maximum absolute atomic E-state index is 13.0. The molecule has 1 aromatic carbocycles. The van der Waals surface area contributed by atoms with Gasteiger partial charge in [0.15, 0.2) is 0 Å². The van der Waals surface area contributed by atoms with Gasteiger partial charge in [0.05, 0.1) is 4.90 Å². The molecule has 0 aliphatic heterocycles. The normalized spacial score (nSPS) is 13.8. The lowest BCUT2D eigenvalue weighted by molar-refractivity contribution is 0.256. The molecule has 1 unspecified atom stereocenters. The summed E-state index contributed by atoms with van der Waals surface area (Å²) in [6, 6.07) is 3.03. The van der Waals surface area contributed by atoms with Gasteiger partial charge in [0, 0.05) is 17.1 Å². The molecular formula is C12H17BrFNO3S. The Morgan fingerprint density at radius 1 is 1.42 bits per heavy atom. The molecule has 0 radical (unpaired) electrons. The van der Waals surface area contributed by atoms with E-state index in [4.69, 9.17) is 5.11 Å². The molecule has 19 heavy (non-hydrogen) atoms. The van der Waals surface area contributed by atoms with Crippen LogP contribution in [0.3, 0.4) is 0 Å². The highest BCUT2D eigenvalue weighted by atomic mass is 79.9. The minimum absolute atomic E-state index is 0.0162. The van der Waals surface area contributed by atoms with Gasteiger partial charge in [-0.25, -0.2) is 17.5 Å². The largest absolute Gasteiger partial charge is 0.396 e. The Hall–Kier alpha value is -0.500. The predicted molar refractivity (Wildman–Crippen MR) is 74.8 cm³/mol. The van der Waals surface area contributed by atoms with E-state index in [-0.39, 0.29) is 27.9 Å². The highest BCUT2D eigenvalue weighted by Crippen LogP contribution is 2.23. The van der Waals surface area contributed by atoms with Crippen molar-refractivity contribution in [2.45, 2.75) is 31.2 Å². The summed E-state index contributed by atoms with van der Waals surface area (Å²) in [5, 5.41) is 8.95. The van der Waals surface area contributed by atoms with Crippen molar-refractivity contribution in [2.24, 2.45) is 5.92 Å². The third-order valence-corrected chi connectivity index (χ3v) is 5.20. The first kappa shape index (κ1) is 16.6. The van der Waals surface area contributed by atoms with Gasteiger partial charge < -0.3 is 5.11 Å². The Morgan fingerprint density at radius 3 is 2.53 bits per heavy atom. The summed E-state index contributed by atoms with van der Waals surface area (Å²) in [7, 11) is -3.75. The standard InChI is InChI=1S/C12H17BrFNO3S/c1-8(2)11(5-6-16)15-19(17,18)12-4-3-9(14)7-10(12)13/h3-4,7-8,11,15-16H,5-6H2,1-2H3. The zero-order chi connectivity index (χ0) is 14.6. The highest BCUT2D eigenvalue weighted by Gasteiger charge is 2.24. The highest BCUT2D eigenvalue weighted by molar-refractivity contribution is 9.10. The van der Waals surface area contributed by atoms with E-state index in [2.05, 4.69) is 20.7 Å². The maximum atomic E-state index is 13.0. The first-order valence-electron chi connectivity index (χ1n) is 5.86. The smallest absolute Gasteiger partial charge is 0.241 e. The molecule has 1 atom stereocenters. The summed E-state index contributed by atoms with van der Waals surface area (Å²) in [5.41, 5.74) is 0. The van der Waals surface area contributed by atoms with E-state index >= 15 is 0 Å². The monoisotopic (exact) mass is 353 g/mol. The van der Waals surface area contributed by atoms with E-state index in [1.54, 1.807) is 0 Å². The van der Waals surface area contributed by atoms with Gasteiger partial charge in [0.1, 0.15) is 5.82 Å². The number of sulfonamides is 1. The lowest BCUT2D eigenvalue weighted by Gasteiger charge is -2.21. The molecule has 7 heteroatoms. The lowest BCUT2D eigenvalue weighted by Crippen LogP contribution is -2.39. The molecule has 0 amide bonds. The topological polar surface area (TPSA) is 66.4 Å². The van der Waals surface area contributed by atoms with Crippen LogP contribution in [0.15, 0.2) is 27.6 Å². The van der Waals surface area contributed by atoms with E-state index in [0.29, 0.717) is 6.42 Å². The summed E-state index contributed by atoms with van der Waals surface area (Å²) in [6.45, 7) is 3.63. The molecule has 108 valence electrons. The number of benzene rings is 1. The average Bonchev–Trinajstić information content (AvgIpc) is 2.27. The number of rotatable bonds is 6. The molecule has 0 saturated carbocycles. The summed E-state index contributed by atoms with van der Waals surface area (Å²) in [6.07, 6.45) is 0.329. The van der Waals surface area contributed by atoms with Gasteiger partial charge in [0.2, 0.25) is 10.0 Å². The van der Waals surface area contributed by atoms with E-state index in [0.717, 1.165) is 12.1 Å². The first-order chi connectivity index (χ1) is 8.77. The summed E-state index contributed by atoms with van der Waals surface area (Å²) in [5.74, 6) is -0.470. The zero-order valence-corrected chi connectivity index (χ0v) is 13.1. The van der Waals surface area contributed by atoms with Crippen molar-refractivity contribution in [2.75, 3.05) is 6.61 Å². The van der Waals surface area contributed by atoms with Crippen LogP contribution >= 0.6 is 15.9 Å². The molecule has 0 heterocycles. The summed E-state index contributed by atoms with van der Waals surface area (Å²) in [4.78, 5) is -0.0162. The zero-order valence-electron chi connectivity index (χ0n) is 10.7. The second-order valence-electron chi connectivity index (χ2n) is 4.56. The maximum Gasteiger partial charge on any atom is 0.241 e. The van der Waals surface area contributed by atoms with Crippen molar-refractivity contribution in [3.8, 4) is 0 Å². The van der Waals surface area contributed by atoms with E-state index in [1.807, 2.05) is 13.8 Å². The lowest BCUT2D eigenvalue weighted by atomic mass is 10.0. The summed E-state index contributed by atoms with van der Waals surface area (Å²) < 4.78 is 40.1. The van der Waals surface area contributed by atoms with Gasteiger partial charge in [-0.1, -0.05) is 13.8 Å². The van der Waals surface area contributed by atoms with Crippen molar-refractivity contribution in [1.82, 2.24) is 4.72 Å². The second kappa shape index (κ2) is 6.78. The average molecular weight is 354 g/mol. The number of hydrogen-bond acceptors (Lipinski definition) is 3. The summed E-state index contributed by atoms with van der Waals surface area (Å²) >= 11 is 3.04. The molecular weight excluding hydrogens is 337 g/mol. The Morgan fingerprint density at radius 2 is 2.05 bits per heavy atom. The Balaban J connectivity index is 3.03. The van der Waals surface area contributed by atoms with Gasteiger partial charge in [-0.2, -0.15) is 0 Å². The van der Waals surface area contributed by atoms with E-state index in [1.165, 1.54) is 6.07 Å². The van der Waals surface area contributed by atoms with Crippen molar-refractivity contribution >= 4 is 26.0 Å². The Kier molecular flexibility index (Phi) is 5.91. The van der Waals surface area contributed by atoms with Crippen LogP contribution in [0, 0.1) is 11.7 Å². The van der Waals surface area contributed by atoms with Gasteiger partial charge >= 0.3 is 0 Å². The van der Waals surface area contributed by atoms with Crippen LogP contribution in [0.4, 0.5) is 4.39 Å². The van der Waals surface area contributed by atoms with E-state index < -0.39 is 15.8 Å². The fourth-order valence-electron chi connectivity index (χ4n) is 1.62. The van der Waals surface area contributed by atoms with Crippen LogP contribution in [0.25, 0.3) is 0 Å². The van der Waals surface area contributed by atoms with Gasteiger partial charge in [-0.15, -0.1) is 0 Å². The fourth-order valence-corrected chi connectivity index (χ4v) is 4.09. The number of halogens is 2. The molecule has 1 rings (SSSR count). The minimum Gasteiger partial charge on any atom is -0.396 e. The van der Waals surface area contributed by atoms with Crippen LogP contribution < -0.4 is 4.72 Å². The Labute approximate surface area is 121 Å². The van der Waals surface area contributed by atoms with Crippen molar-refractivity contribution in [3.63, 3.8) is 0 Å². The SMILES string of the molecule is CC(C)C(CCO)NS(=O)(=O)c1ccc(F)cc1Br. The fraction of sp³-hybridized carbons (Fsp3) is 0.500. The number of aliphatic hydroxyl groups excluding tert-OH is 1. The number of nitrogens with one attached hydrogen (secondary N) is 1. The predicted octanol–water partition coefficient (Wildman–Crippen LogP) is 2.27. The van der Waals surface area contributed by atoms with Crippen LogP contribution in [-0.2, 0) is 10.0 Å². The van der Waals surface area contributed by atoms with Crippen LogP contribution in [0.2, 0.25) is 0 Å². The molecule has 0 saturated heterocycles. The van der Waals surface area contributed by atoms with Crippen LogP contribution in [-0.4, -0.2) is 26.2 Å². The van der Waals surface area contributed by atoms with E-state index in [9.17, 15) is 12.8 Å². The van der Waals surface area contributed by atoms with Crippen molar-refractivity contribution in [3.05, 3.63) is 28.5 Å². The molecule has 1 aromatic rings. The van der Waals surface area contributed by atoms with Crippen molar-refractivity contribution in [1.29, 1.82) is 0 Å². The van der Waals surface area contributed by atoms with Crippen molar-refractivity contribution < 1.29 is 17.9 Å². The van der Waals surface area contributed by atoms with Crippen LogP contribution in [0.1, 0.15) is 20.3 Å². The van der Waals surface area contributed by atoms with Gasteiger partial charge in [-0.05, 0) is 46.5 Å². The third-order valence-electron chi connectivity index (χ3n) is 2.73. The number of aliphatic hydroxyl groups is 1. The molecule has 2 N–H and O–H groups in total. The molecule has 0 aromatic heterocycles. The molecule has 0 aliphatic carbocycles. The third kappa shape index (κ3) is 4.52. The molecule has 4 nitrogen and oxygen atoms in total. The number of hydrogen-bond donors (Lipinski definition) is 2. The molecule has 0 fully saturated rings. The molecule has 0 bridgehead atoms. The Bertz CT molecular complexity index is 534. The van der Waals surface area contributed by atoms with Crippen LogP contribution in [0.5, 0.6) is 0 Å². The van der Waals surface area contributed by atoms with Gasteiger partial charge in [0.25, 0.3) is 0 Å². The minimum atomic E-state index is -3.75. The molecule has 0 aliphatic rings. The molecule has 0 spiro atoms. The van der Waals surface area contributed by atoms with Gasteiger partial charge in [-0.3, -0.25) is 0 Å². The quantitative estimate of drug-likeness (QED) is 0.824. The second-order valence-corrected chi connectivity index (χ2v) is 7.10.